The van der Waals surface area contributed by atoms with Gasteiger partial charge in [-0.1, -0.05) is 37.5 Å². The predicted molar refractivity (Wildman–Crippen MR) is 80.7 cm³/mol. The Morgan fingerprint density at radius 2 is 2.10 bits per heavy atom. The largest absolute Gasteiger partial charge is 0.496 e. The van der Waals surface area contributed by atoms with Gasteiger partial charge in [0.2, 0.25) is 0 Å². The third-order valence-corrected chi connectivity index (χ3v) is 4.25. The van der Waals surface area contributed by atoms with Crippen molar-refractivity contribution in [2.24, 2.45) is 13.0 Å². The fourth-order valence-electron chi connectivity index (χ4n) is 2.85. The minimum atomic E-state index is 0.712. The summed E-state index contributed by atoms with van der Waals surface area (Å²) in [6.45, 7) is 0. The monoisotopic (exact) mass is 271 g/mol. The van der Waals surface area contributed by atoms with Crippen LogP contribution >= 0.6 is 0 Å². The van der Waals surface area contributed by atoms with E-state index < -0.39 is 0 Å². The summed E-state index contributed by atoms with van der Waals surface area (Å²) in [6, 6.07) is 8.00. The molecule has 4 heteroatoms. The van der Waals surface area contributed by atoms with Gasteiger partial charge in [-0.15, -0.1) is 0 Å². The Morgan fingerprint density at radius 3 is 2.75 bits per heavy atom. The molecule has 1 heterocycles. The fourth-order valence-corrected chi connectivity index (χ4v) is 2.85. The van der Waals surface area contributed by atoms with Crippen molar-refractivity contribution in [3.05, 3.63) is 30.0 Å². The van der Waals surface area contributed by atoms with Crippen molar-refractivity contribution in [1.82, 2.24) is 9.78 Å². The first-order valence-electron chi connectivity index (χ1n) is 7.15. The number of nitrogen functional groups attached to an aromatic ring is 1. The lowest BCUT2D eigenvalue weighted by atomic mass is 9.81. The van der Waals surface area contributed by atoms with Crippen molar-refractivity contribution in [2.75, 3.05) is 12.8 Å². The summed E-state index contributed by atoms with van der Waals surface area (Å²) >= 11 is 0. The van der Waals surface area contributed by atoms with Crippen LogP contribution in [0.3, 0.4) is 0 Å². The Morgan fingerprint density at radius 1 is 1.35 bits per heavy atom. The van der Waals surface area contributed by atoms with Gasteiger partial charge in [-0.05, 0) is 18.4 Å². The van der Waals surface area contributed by atoms with Crippen LogP contribution in [0.5, 0.6) is 5.75 Å². The molecule has 106 valence electrons. The standard InChI is InChI=1S/C16H21N3O/c1-19-16(17)15(12-8-3-4-9-14(12)20-2)13(18-19)10-11-6-5-7-11/h3-4,8-9,11H,5-7,10,17H2,1-2H3. The van der Waals surface area contributed by atoms with Crippen LogP contribution in [0.15, 0.2) is 24.3 Å². The van der Waals surface area contributed by atoms with Crippen molar-refractivity contribution in [2.45, 2.75) is 25.7 Å². The summed E-state index contributed by atoms with van der Waals surface area (Å²) in [6.07, 6.45) is 4.97. The Bertz CT molecular complexity index is 614. The van der Waals surface area contributed by atoms with E-state index in [9.17, 15) is 0 Å². The number of anilines is 1. The number of hydrogen-bond donors (Lipinski definition) is 1. The summed E-state index contributed by atoms with van der Waals surface area (Å²) < 4.78 is 7.25. The van der Waals surface area contributed by atoms with E-state index in [1.54, 1.807) is 11.8 Å². The summed E-state index contributed by atoms with van der Waals surface area (Å²) in [5.41, 5.74) is 9.41. The highest BCUT2D eigenvalue weighted by atomic mass is 16.5. The van der Waals surface area contributed by atoms with E-state index in [4.69, 9.17) is 10.5 Å². The molecule has 2 N–H and O–H groups in total. The second-order valence-corrected chi connectivity index (χ2v) is 5.53. The molecule has 2 aromatic rings. The minimum Gasteiger partial charge on any atom is -0.496 e. The molecule has 1 fully saturated rings. The van der Waals surface area contributed by atoms with Crippen molar-refractivity contribution >= 4 is 5.82 Å². The zero-order chi connectivity index (χ0) is 14.1. The Kier molecular flexibility index (Phi) is 3.38. The molecular weight excluding hydrogens is 250 g/mol. The van der Waals surface area contributed by atoms with Gasteiger partial charge in [0.05, 0.1) is 18.4 Å². The highest BCUT2D eigenvalue weighted by Gasteiger charge is 2.24. The molecule has 20 heavy (non-hydrogen) atoms. The summed E-state index contributed by atoms with van der Waals surface area (Å²) in [4.78, 5) is 0. The lowest BCUT2D eigenvalue weighted by molar-refractivity contribution is 0.311. The van der Waals surface area contributed by atoms with Crippen molar-refractivity contribution in [1.29, 1.82) is 0 Å². The van der Waals surface area contributed by atoms with Crippen molar-refractivity contribution in [3.8, 4) is 16.9 Å². The summed E-state index contributed by atoms with van der Waals surface area (Å²) in [5, 5.41) is 4.62. The normalized spacial score (nSPS) is 15.1. The maximum atomic E-state index is 6.24. The van der Waals surface area contributed by atoms with Crippen LogP contribution < -0.4 is 10.5 Å². The number of methoxy groups -OCH3 is 1. The molecule has 1 aromatic carbocycles. The van der Waals surface area contributed by atoms with E-state index in [1.165, 1.54) is 19.3 Å². The third-order valence-electron chi connectivity index (χ3n) is 4.25. The first-order valence-corrected chi connectivity index (χ1v) is 7.15. The number of nitrogens with zero attached hydrogens (tertiary/aromatic N) is 2. The summed E-state index contributed by atoms with van der Waals surface area (Å²) in [5.74, 6) is 2.32. The zero-order valence-corrected chi connectivity index (χ0v) is 12.1. The number of aromatic nitrogens is 2. The number of ether oxygens (including phenoxy) is 1. The third kappa shape index (κ3) is 2.15. The average Bonchev–Trinajstić information content (AvgIpc) is 2.69. The molecule has 0 atom stereocenters. The highest BCUT2D eigenvalue weighted by molar-refractivity contribution is 5.81. The van der Waals surface area contributed by atoms with E-state index in [-0.39, 0.29) is 0 Å². The zero-order valence-electron chi connectivity index (χ0n) is 12.1. The van der Waals surface area contributed by atoms with Crippen LogP contribution in [0.4, 0.5) is 5.82 Å². The van der Waals surface area contributed by atoms with E-state index in [2.05, 4.69) is 11.2 Å². The van der Waals surface area contributed by atoms with E-state index in [0.717, 1.165) is 34.9 Å². The molecule has 0 aliphatic heterocycles. The van der Waals surface area contributed by atoms with Gasteiger partial charge >= 0.3 is 0 Å². The van der Waals surface area contributed by atoms with Gasteiger partial charge in [0, 0.05) is 12.6 Å². The Balaban J connectivity index is 2.06. The average molecular weight is 271 g/mol. The SMILES string of the molecule is COc1ccccc1-c1c(CC2CCC2)nn(C)c1N. The molecule has 4 nitrogen and oxygen atoms in total. The van der Waals surface area contributed by atoms with Gasteiger partial charge in [0.25, 0.3) is 0 Å². The second-order valence-electron chi connectivity index (χ2n) is 5.53. The molecule has 0 amide bonds. The Labute approximate surface area is 119 Å². The molecular formula is C16H21N3O. The van der Waals surface area contributed by atoms with Crippen LogP contribution in [0.1, 0.15) is 25.0 Å². The number of hydrogen-bond acceptors (Lipinski definition) is 3. The molecule has 0 saturated heterocycles. The number of rotatable bonds is 4. The molecule has 1 saturated carbocycles. The second kappa shape index (κ2) is 5.19. The van der Waals surface area contributed by atoms with Crippen LogP contribution in [-0.2, 0) is 13.5 Å². The lowest BCUT2D eigenvalue weighted by Gasteiger charge is -2.24. The number of nitrogens with two attached hydrogens (primary N) is 1. The quantitative estimate of drug-likeness (QED) is 0.930. The molecule has 3 rings (SSSR count). The molecule has 1 aromatic heterocycles. The van der Waals surface area contributed by atoms with Gasteiger partial charge in [-0.3, -0.25) is 4.68 Å². The van der Waals surface area contributed by atoms with Crippen LogP contribution in [0.2, 0.25) is 0 Å². The highest BCUT2D eigenvalue weighted by Crippen LogP contribution is 2.39. The fraction of sp³-hybridized carbons (Fsp3) is 0.438. The summed E-state index contributed by atoms with van der Waals surface area (Å²) in [7, 11) is 3.59. The van der Waals surface area contributed by atoms with E-state index in [1.807, 2.05) is 25.2 Å². The molecule has 0 spiro atoms. The molecule has 0 unspecified atom stereocenters. The van der Waals surface area contributed by atoms with Crippen LogP contribution in [0, 0.1) is 5.92 Å². The molecule has 1 aliphatic rings. The van der Waals surface area contributed by atoms with Crippen molar-refractivity contribution < 1.29 is 4.74 Å². The van der Waals surface area contributed by atoms with Gasteiger partial charge in [-0.25, -0.2) is 0 Å². The Hall–Kier alpha value is -1.97. The first-order chi connectivity index (χ1) is 9.70. The number of para-hydroxylation sites is 1. The van der Waals surface area contributed by atoms with Crippen LogP contribution in [-0.4, -0.2) is 16.9 Å². The van der Waals surface area contributed by atoms with E-state index >= 15 is 0 Å². The minimum absolute atomic E-state index is 0.712. The van der Waals surface area contributed by atoms with Crippen molar-refractivity contribution in [3.63, 3.8) is 0 Å². The van der Waals surface area contributed by atoms with Gasteiger partial charge in [0.1, 0.15) is 11.6 Å². The maximum Gasteiger partial charge on any atom is 0.129 e. The smallest absolute Gasteiger partial charge is 0.129 e. The topological polar surface area (TPSA) is 53.1 Å². The number of aryl methyl sites for hydroxylation is 1. The molecule has 0 bridgehead atoms. The van der Waals surface area contributed by atoms with Gasteiger partial charge in [-0.2, -0.15) is 5.10 Å². The van der Waals surface area contributed by atoms with Gasteiger partial charge in [0.15, 0.2) is 0 Å². The number of benzene rings is 1. The maximum absolute atomic E-state index is 6.24. The van der Waals surface area contributed by atoms with Crippen LogP contribution in [0.25, 0.3) is 11.1 Å². The molecule has 0 radical (unpaired) electrons. The predicted octanol–water partition coefficient (Wildman–Crippen LogP) is 3.02. The van der Waals surface area contributed by atoms with E-state index in [0.29, 0.717) is 5.82 Å². The molecule has 1 aliphatic carbocycles. The first kappa shape index (κ1) is 13.0. The lowest BCUT2D eigenvalue weighted by Crippen LogP contribution is -2.14. The van der Waals surface area contributed by atoms with Gasteiger partial charge < -0.3 is 10.5 Å².